The molecule has 0 unspecified atom stereocenters. The summed E-state index contributed by atoms with van der Waals surface area (Å²) in [4.78, 5) is 0. The number of hydrogen-bond donors (Lipinski definition) is 1. The van der Waals surface area contributed by atoms with Gasteiger partial charge in [0.1, 0.15) is 5.82 Å². The molecule has 0 spiro atoms. The van der Waals surface area contributed by atoms with E-state index in [0.29, 0.717) is 28.6 Å². The molecule has 0 atom stereocenters. The van der Waals surface area contributed by atoms with Crippen LogP contribution >= 0.6 is 11.6 Å². The van der Waals surface area contributed by atoms with Crippen LogP contribution in [0.4, 0.5) is 10.1 Å². The molecular formula is C15H13ClFNO2. The number of hydrogen-bond acceptors (Lipinski definition) is 3. The highest BCUT2D eigenvalue weighted by atomic mass is 35.5. The average molecular weight is 294 g/mol. The highest BCUT2D eigenvalue weighted by Gasteiger charge is 2.18. The van der Waals surface area contributed by atoms with Crippen LogP contribution in [0.2, 0.25) is 5.02 Å². The number of halogens is 2. The van der Waals surface area contributed by atoms with Gasteiger partial charge < -0.3 is 14.8 Å². The van der Waals surface area contributed by atoms with Crippen molar-refractivity contribution in [2.45, 2.75) is 13.5 Å². The Bertz CT molecular complexity index is 661. The summed E-state index contributed by atoms with van der Waals surface area (Å²) in [5.74, 6) is 1.04. The van der Waals surface area contributed by atoms with Gasteiger partial charge in [0.2, 0.25) is 6.79 Å². The van der Waals surface area contributed by atoms with Gasteiger partial charge in [0.15, 0.2) is 11.5 Å². The van der Waals surface area contributed by atoms with Crippen molar-refractivity contribution < 1.29 is 13.9 Å². The maximum atomic E-state index is 13.2. The molecule has 1 aliphatic rings. The molecule has 0 aliphatic carbocycles. The Morgan fingerprint density at radius 1 is 1.25 bits per heavy atom. The number of aryl methyl sites for hydroxylation is 1. The molecule has 2 aromatic carbocycles. The van der Waals surface area contributed by atoms with E-state index in [9.17, 15) is 4.39 Å². The lowest BCUT2D eigenvalue weighted by Crippen LogP contribution is -2.00. The van der Waals surface area contributed by atoms with Crippen molar-refractivity contribution in [2.75, 3.05) is 12.1 Å². The monoisotopic (exact) mass is 293 g/mol. The summed E-state index contributed by atoms with van der Waals surface area (Å²) in [5.41, 5.74) is 2.44. The van der Waals surface area contributed by atoms with Gasteiger partial charge in [-0.1, -0.05) is 11.6 Å². The van der Waals surface area contributed by atoms with Crippen LogP contribution in [-0.2, 0) is 6.54 Å². The quantitative estimate of drug-likeness (QED) is 0.923. The van der Waals surface area contributed by atoms with Gasteiger partial charge in [-0.3, -0.25) is 0 Å². The molecular weight excluding hydrogens is 281 g/mol. The minimum Gasteiger partial charge on any atom is -0.454 e. The van der Waals surface area contributed by atoms with Gasteiger partial charge >= 0.3 is 0 Å². The second-order valence-corrected chi connectivity index (χ2v) is 5.04. The number of anilines is 1. The Morgan fingerprint density at radius 3 is 2.90 bits per heavy atom. The number of benzene rings is 2. The molecule has 3 nitrogen and oxygen atoms in total. The lowest BCUT2D eigenvalue weighted by Gasteiger charge is -2.09. The van der Waals surface area contributed by atoms with Crippen LogP contribution < -0.4 is 14.8 Å². The van der Waals surface area contributed by atoms with Gasteiger partial charge in [-0.15, -0.1) is 0 Å². The summed E-state index contributed by atoms with van der Waals surface area (Å²) in [6.07, 6.45) is 0. The van der Waals surface area contributed by atoms with Crippen LogP contribution in [0.3, 0.4) is 0 Å². The maximum Gasteiger partial charge on any atom is 0.231 e. The molecule has 2 aromatic rings. The van der Waals surface area contributed by atoms with E-state index in [-0.39, 0.29) is 12.6 Å². The van der Waals surface area contributed by atoms with Crippen molar-refractivity contribution in [3.63, 3.8) is 0 Å². The van der Waals surface area contributed by atoms with Crippen molar-refractivity contribution >= 4 is 17.3 Å². The first-order valence-corrected chi connectivity index (χ1v) is 6.59. The zero-order valence-electron chi connectivity index (χ0n) is 10.9. The second-order valence-electron chi connectivity index (χ2n) is 4.63. The van der Waals surface area contributed by atoms with Gasteiger partial charge in [-0.2, -0.15) is 0 Å². The standard InChI is InChI=1S/C15H13ClFNO2/c1-9-4-11(2-3-13(9)17)18-7-10-5-12(16)15-14(6-10)19-8-20-15/h2-6,18H,7-8H2,1H3. The fraction of sp³-hybridized carbons (Fsp3) is 0.200. The van der Waals surface area contributed by atoms with Crippen LogP contribution in [0.15, 0.2) is 30.3 Å². The van der Waals surface area contributed by atoms with E-state index in [4.69, 9.17) is 21.1 Å². The van der Waals surface area contributed by atoms with Crippen LogP contribution in [0, 0.1) is 12.7 Å². The topological polar surface area (TPSA) is 30.5 Å². The predicted octanol–water partition coefficient (Wildman–Crippen LogP) is 4.13. The normalized spacial score (nSPS) is 12.6. The molecule has 5 heteroatoms. The van der Waals surface area contributed by atoms with E-state index in [1.54, 1.807) is 19.1 Å². The highest BCUT2D eigenvalue weighted by Crippen LogP contribution is 2.39. The van der Waals surface area contributed by atoms with Gasteiger partial charge in [0.05, 0.1) is 5.02 Å². The first-order chi connectivity index (χ1) is 9.63. The molecule has 20 heavy (non-hydrogen) atoms. The van der Waals surface area contributed by atoms with E-state index < -0.39 is 0 Å². The molecule has 104 valence electrons. The molecule has 1 N–H and O–H groups in total. The Morgan fingerprint density at radius 2 is 2.10 bits per heavy atom. The third-order valence-corrected chi connectivity index (χ3v) is 3.42. The van der Waals surface area contributed by atoms with E-state index in [0.717, 1.165) is 11.3 Å². The molecule has 0 radical (unpaired) electrons. The van der Waals surface area contributed by atoms with Crippen molar-refractivity contribution in [1.29, 1.82) is 0 Å². The summed E-state index contributed by atoms with van der Waals surface area (Å²) in [6, 6.07) is 8.64. The largest absolute Gasteiger partial charge is 0.454 e. The molecule has 0 saturated heterocycles. The number of nitrogens with one attached hydrogen (secondary N) is 1. The highest BCUT2D eigenvalue weighted by molar-refractivity contribution is 6.32. The summed E-state index contributed by atoms with van der Waals surface area (Å²) in [5, 5.41) is 3.76. The molecule has 0 saturated carbocycles. The van der Waals surface area contributed by atoms with E-state index in [1.165, 1.54) is 6.07 Å². The van der Waals surface area contributed by atoms with E-state index in [2.05, 4.69) is 5.32 Å². The van der Waals surface area contributed by atoms with Gasteiger partial charge in [0.25, 0.3) is 0 Å². The molecule has 3 rings (SSSR count). The first kappa shape index (κ1) is 13.1. The van der Waals surface area contributed by atoms with Crippen LogP contribution in [-0.4, -0.2) is 6.79 Å². The van der Waals surface area contributed by atoms with Gasteiger partial charge in [0, 0.05) is 12.2 Å². The number of rotatable bonds is 3. The van der Waals surface area contributed by atoms with Crippen molar-refractivity contribution in [1.82, 2.24) is 0 Å². The lowest BCUT2D eigenvalue weighted by molar-refractivity contribution is 0.174. The molecule has 1 heterocycles. The van der Waals surface area contributed by atoms with Crippen molar-refractivity contribution in [2.24, 2.45) is 0 Å². The third kappa shape index (κ3) is 2.51. The number of fused-ring (bicyclic) bond motifs is 1. The predicted molar refractivity (Wildman–Crippen MR) is 76.0 cm³/mol. The summed E-state index contributed by atoms with van der Waals surface area (Å²) < 4.78 is 23.8. The lowest BCUT2D eigenvalue weighted by atomic mass is 10.1. The Balaban J connectivity index is 1.75. The third-order valence-electron chi connectivity index (χ3n) is 3.14. The summed E-state index contributed by atoms with van der Waals surface area (Å²) >= 11 is 6.12. The Kier molecular flexibility index (Phi) is 3.40. The smallest absolute Gasteiger partial charge is 0.231 e. The van der Waals surface area contributed by atoms with Crippen LogP contribution in [0.25, 0.3) is 0 Å². The zero-order chi connectivity index (χ0) is 14.1. The molecule has 1 aliphatic heterocycles. The fourth-order valence-electron chi connectivity index (χ4n) is 2.08. The van der Waals surface area contributed by atoms with Crippen LogP contribution in [0.1, 0.15) is 11.1 Å². The zero-order valence-corrected chi connectivity index (χ0v) is 11.6. The van der Waals surface area contributed by atoms with E-state index in [1.807, 2.05) is 12.1 Å². The van der Waals surface area contributed by atoms with Crippen LogP contribution in [0.5, 0.6) is 11.5 Å². The van der Waals surface area contributed by atoms with Gasteiger partial charge in [-0.05, 0) is 48.4 Å². The molecule has 0 aromatic heterocycles. The fourth-order valence-corrected chi connectivity index (χ4v) is 2.37. The average Bonchev–Trinajstić information content (AvgIpc) is 2.89. The first-order valence-electron chi connectivity index (χ1n) is 6.21. The van der Waals surface area contributed by atoms with Gasteiger partial charge in [-0.25, -0.2) is 4.39 Å². The Hall–Kier alpha value is -1.94. The van der Waals surface area contributed by atoms with Crippen molar-refractivity contribution in [3.8, 4) is 11.5 Å². The summed E-state index contributed by atoms with van der Waals surface area (Å²) in [6.45, 7) is 2.50. The molecule has 0 bridgehead atoms. The SMILES string of the molecule is Cc1cc(NCc2cc(Cl)c3c(c2)OCO3)ccc1F. The van der Waals surface area contributed by atoms with Crippen molar-refractivity contribution in [3.05, 3.63) is 52.3 Å². The Labute approximate surface area is 121 Å². The maximum absolute atomic E-state index is 13.2. The molecule has 0 fully saturated rings. The number of ether oxygens (including phenoxy) is 2. The second kappa shape index (κ2) is 5.21. The minimum absolute atomic E-state index is 0.198. The van der Waals surface area contributed by atoms with E-state index >= 15 is 0 Å². The molecule has 0 amide bonds. The summed E-state index contributed by atoms with van der Waals surface area (Å²) in [7, 11) is 0. The minimum atomic E-state index is -0.207.